The van der Waals surface area contributed by atoms with Gasteiger partial charge in [-0.2, -0.15) is 0 Å². The molecule has 0 fully saturated rings. The standard InChI is InChI=1S/C16H15N3O4S2/c1-10(24-16-19-13-4-2-3-5-14(13)23-16)15(20)18-11-6-8-12(9-7-11)25(17,21)22/h2-10H,1H3,(H,18,20)(H2,17,21,22)/t10-/m0/s1. The van der Waals surface area contributed by atoms with Crippen molar-refractivity contribution in [2.24, 2.45) is 5.14 Å². The minimum Gasteiger partial charge on any atom is -0.431 e. The molecule has 130 valence electrons. The van der Waals surface area contributed by atoms with Crippen molar-refractivity contribution in [1.29, 1.82) is 0 Å². The van der Waals surface area contributed by atoms with Crippen LogP contribution in [0.2, 0.25) is 0 Å². The van der Waals surface area contributed by atoms with Crippen LogP contribution < -0.4 is 10.5 Å². The number of nitrogens with one attached hydrogen (secondary N) is 1. The number of carbonyl (C=O) groups excluding carboxylic acids is 1. The van der Waals surface area contributed by atoms with Gasteiger partial charge < -0.3 is 9.73 Å². The van der Waals surface area contributed by atoms with Crippen LogP contribution >= 0.6 is 11.8 Å². The lowest BCUT2D eigenvalue weighted by atomic mass is 10.3. The number of para-hydroxylation sites is 2. The number of nitrogens with zero attached hydrogens (tertiary/aromatic N) is 1. The molecule has 0 aliphatic carbocycles. The molecule has 0 saturated carbocycles. The van der Waals surface area contributed by atoms with Gasteiger partial charge in [0, 0.05) is 5.69 Å². The van der Waals surface area contributed by atoms with E-state index in [1.54, 1.807) is 6.92 Å². The maximum atomic E-state index is 12.3. The first-order chi connectivity index (χ1) is 11.8. The highest BCUT2D eigenvalue weighted by molar-refractivity contribution is 8.00. The van der Waals surface area contributed by atoms with Gasteiger partial charge >= 0.3 is 0 Å². The van der Waals surface area contributed by atoms with E-state index in [1.807, 2.05) is 24.3 Å². The number of hydrogen-bond acceptors (Lipinski definition) is 6. The molecule has 1 heterocycles. The van der Waals surface area contributed by atoms with E-state index >= 15 is 0 Å². The first-order valence-electron chi connectivity index (χ1n) is 7.29. The van der Waals surface area contributed by atoms with Crippen LogP contribution in [-0.2, 0) is 14.8 Å². The molecule has 3 aromatic rings. The molecular formula is C16H15N3O4S2. The molecule has 0 aliphatic rings. The van der Waals surface area contributed by atoms with E-state index in [-0.39, 0.29) is 10.8 Å². The zero-order chi connectivity index (χ0) is 18.0. The average Bonchev–Trinajstić information content (AvgIpc) is 2.96. The molecule has 0 saturated heterocycles. The topological polar surface area (TPSA) is 115 Å². The Morgan fingerprint density at radius 1 is 1.20 bits per heavy atom. The molecule has 2 aromatic carbocycles. The van der Waals surface area contributed by atoms with Gasteiger partial charge in [0.1, 0.15) is 5.52 Å². The average molecular weight is 377 g/mol. The number of nitrogens with two attached hydrogens (primary N) is 1. The number of oxazole rings is 1. The normalized spacial score (nSPS) is 12.9. The number of anilines is 1. The van der Waals surface area contributed by atoms with Crippen molar-refractivity contribution in [2.75, 3.05) is 5.32 Å². The Kier molecular flexibility index (Phi) is 4.80. The second-order valence-corrected chi connectivity index (χ2v) is 8.12. The van der Waals surface area contributed by atoms with Crippen molar-refractivity contribution in [3.05, 3.63) is 48.5 Å². The Morgan fingerprint density at radius 3 is 2.52 bits per heavy atom. The number of primary sulfonamides is 1. The predicted molar refractivity (Wildman–Crippen MR) is 95.8 cm³/mol. The van der Waals surface area contributed by atoms with Gasteiger partial charge in [0.2, 0.25) is 15.9 Å². The van der Waals surface area contributed by atoms with Crippen LogP contribution in [0.1, 0.15) is 6.92 Å². The summed E-state index contributed by atoms with van der Waals surface area (Å²) in [4.78, 5) is 16.6. The lowest BCUT2D eigenvalue weighted by Gasteiger charge is -2.10. The number of rotatable bonds is 5. The second-order valence-electron chi connectivity index (χ2n) is 5.27. The molecule has 1 amide bonds. The third-order valence-electron chi connectivity index (χ3n) is 3.37. The molecule has 0 bridgehead atoms. The van der Waals surface area contributed by atoms with Gasteiger partial charge in [-0.1, -0.05) is 23.9 Å². The van der Waals surface area contributed by atoms with E-state index in [2.05, 4.69) is 10.3 Å². The minimum atomic E-state index is -3.76. The number of carbonyl (C=O) groups is 1. The molecule has 0 aliphatic heterocycles. The maximum Gasteiger partial charge on any atom is 0.257 e. The summed E-state index contributed by atoms with van der Waals surface area (Å²) >= 11 is 1.20. The summed E-state index contributed by atoms with van der Waals surface area (Å²) < 4.78 is 28.0. The highest BCUT2D eigenvalue weighted by Gasteiger charge is 2.18. The van der Waals surface area contributed by atoms with Crippen molar-refractivity contribution in [2.45, 2.75) is 22.3 Å². The third-order valence-corrected chi connectivity index (χ3v) is 5.24. The molecular weight excluding hydrogens is 362 g/mol. The maximum absolute atomic E-state index is 12.3. The molecule has 9 heteroatoms. The summed E-state index contributed by atoms with van der Waals surface area (Å²) in [5, 5.41) is 7.71. The van der Waals surface area contributed by atoms with E-state index in [0.717, 1.165) is 5.52 Å². The quantitative estimate of drug-likeness (QED) is 0.660. The lowest BCUT2D eigenvalue weighted by molar-refractivity contribution is -0.115. The van der Waals surface area contributed by atoms with Gasteiger partial charge in [-0.3, -0.25) is 4.79 Å². The Bertz CT molecular complexity index is 980. The number of fused-ring (bicyclic) bond motifs is 1. The Balaban J connectivity index is 1.66. The summed E-state index contributed by atoms with van der Waals surface area (Å²) in [5.74, 6) is -0.254. The molecule has 0 spiro atoms. The van der Waals surface area contributed by atoms with Crippen LogP contribution in [0, 0.1) is 0 Å². The number of hydrogen-bond donors (Lipinski definition) is 2. The van der Waals surface area contributed by atoms with Crippen LogP contribution in [0.15, 0.2) is 63.1 Å². The summed E-state index contributed by atoms with van der Waals surface area (Å²) in [7, 11) is -3.76. The van der Waals surface area contributed by atoms with Crippen LogP contribution in [0.4, 0.5) is 5.69 Å². The Hall–Kier alpha value is -2.36. The molecule has 7 nitrogen and oxygen atoms in total. The van der Waals surface area contributed by atoms with Crippen molar-refractivity contribution >= 4 is 44.5 Å². The summed E-state index contributed by atoms with van der Waals surface area (Å²) in [5.41, 5.74) is 1.87. The van der Waals surface area contributed by atoms with E-state index < -0.39 is 15.3 Å². The summed E-state index contributed by atoms with van der Waals surface area (Å²) in [6, 6.07) is 13.0. The van der Waals surface area contributed by atoms with E-state index in [9.17, 15) is 13.2 Å². The third kappa shape index (κ3) is 4.19. The van der Waals surface area contributed by atoms with Gasteiger partial charge in [-0.25, -0.2) is 18.5 Å². The summed E-state index contributed by atoms with van der Waals surface area (Å²) in [6.45, 7) is 1.73. The molecule has 1 aromatic heterocycles. The largest absolute Gasteiger partial charge is 0.431 e. The van der Waals surface area contributed by atoms with Crippen LogP contribution in [0.3, 0.4) is 0 Å². The van der Waals surface area contributed by atoms with Crippen molar-refractivity contribution in [3.63, 3.8) is 0 Å². The van der Waals surface area contributed by atoms with E-state index in [1.165, 1.54) is 36.0 Å². The van der Waals surface area contributed by atoms with E-state index in [0.29, 0.717) is 16.5 Å². The number of benzene rings is 2. The first kappa shape index (κ1) is 17.5. The van der Waals surface area contributed by atoms with Crippen LogP contribution in [0.5, 0.6) is 0 Å². The SMILES string of the molecule is C[C@H](Sc1nc2ccccc2o1)C(=O)Nc1ccc(S(N)(=O)=O)cc1. The monoisotopic (exact) mass is 377 g/mol. The van der Waals surface area contributed by atoms with Gasteiger partial charge in [-0.05, 0) is 43.3 Å². The zero-order valence-corrected chi connectivity index (χ0v) is 14.8. The Morgan fingerprint density at radius 2 is 1.88 bits per heavy atom. The predicted octanol–water partition coefficient (Wildman–Crippen LogP) is 2.59. The fourth-order valence-corrected chi connectivity index (χ4v) is 3.35. The van der Waals surface area contributed by atoms with Gasteiger partial charge in [0.25, 0.3) is 5.22 Å². The van der Waals surface area contributed by atoms with Gasteiger partial charge in [0.15, 0.2) is 5.58 Å². The van der Waals surface area contributed by atoms with Crippen LogP contribution in [-0.4, -0.2) is 24.6 Å². The zero-order valence-electron chi connectivity index (χ0n) is 13.2. The minimum absolute atomic E-state index is 0.0144. The molecule has 0 unspecified atom stereocenters. The molecule has 25 heavy (non-hydrogen) atoms. The van der Waals surface area contributed by atoms with Crippen molar-refractivity contribution in [3.8, 4) is 0 Å². The van der Waals surface area contributed by atoms with Gasteiger partial charge in [0.05, 0.1) is 10.1 Å². The van der Waals surface area contributed by atoms with Crippen LogP contribution in [0.25, 0.3) is 11.1 Å². The fraction of sp³-hybridized carbons (Fsp3) is 0.125. The van der Waals surface area contributed by atoms with Gasteiger partial charge in [-0.15, -0.1) is 0 Å². The highest BCUT2D eigenvalue weighted by atomic mass is 32.2. The lowest BCUT2D eigenvalue weighted by Crippen LogP contribution is -2.22. The van der Waals surface area contributed by atoms with Crippen molar-refractivity contribution < 1.29 is 17.6 Å². The highest BCUT2D eigenvalue weighted by Crippen LogP contribution is 2.27. The number of thioether (sulfide) groups is 1. The smallest absolute Gasteiger partial charge is 0.257 e. The second kappa shape index (κ2) is 6.87. The molecule has 3 N–H and O–H groups in total. The molecule has 1 atom stereocenters. The Labute approximate surface area is 148 Å². The fourth-order valence-electron chi connectivity index (χ4n) is 2.08. The summed E-state index contributed by atoms with van der Waals surface area (Å²) in [6.07, 6.45) is 0. The number of aromatic nitrogens is 1. The number of sulfonamides is 1. The molecule has 0 radical (unpaired) electrons. The number of amides is 1. The molecule has 3 rings (SSSR count). The van der Waals surface area contributed by atoms with Crippen molar-refractivity contribution in [1.82, 2.24) is 4.98 Å². The first-order valence-corrected chi connectivity index (χ1v) is 9.71. The van der Waals surface area contributed by atoms with E-state index in [4.69, 9.17) is 9.56 Å².